The summed E-state index contributed by atoms with van der Waals surface area (Å²) in [5.74, 6) is 0.882. The van der Waals surface area contributed by atoms with Gasteiger partial charge in [0.05, 0.1) is 26.0 Å². The van der Waals surface area contributed by atoms with Crippen LogP contribution in [0.2, 0.25) is 0 Å². The average molecular weight is 513 g/mol. The Hall–Kier alpha value is -3.85. The average Bonchev–Trinajstić information content (AvgIpc) is 2.84. The van der Waals surface area contributed by atoms with Gasteiger partial charge in [-0.3, -0.25) is 4.79 Å². The van der Waals surface area contributed by atoms with Gasteiger partial charge < -0.3 is 18.9 Å². The fourth-order valence-electron chi connectivity index (χ4n) is 2.66. The largest absolute Gasteiger partial charge is 0.497 e. The molecule has 0 unspecified atom stereocenters. The summed E-state index contributed by atoms with van der Waals surface area (Å²) in [6, 6.07) is 18.7. The third-order valence-electron chi connectivity index (χ3n) is 4.32. The van der Waals surface area contributed by atoms with Crippen molar-refractivity contribution in [2.24, 2.45) is 5.10 Å². The zero-order valence-corrected chi connectivity index (χ0v) is 19.5. The number of nitrogens with zero attached hydrogens (tertiary/aromatic N) is 1. The van der Waals surface area contributed by atoms with E-state index >= 15 is 0 Å². The molecule has 0 aliphatic rings. The first-order valence-corrected chi connectivity index (χ1v) is 10.5. The van der Waals surface area contributed by atoms with Crippen LogP contribution in [0.25, 0.3) is 0 Å². The summed E-state index contributed by atoms with van der Waals surface area (Å²) in [6.45, 7) is -0.197. The standard InChI is InChI=1S/C24H21BrN2O6/c1-30-17-8-10-18(11-9-17)32-15-23(28)27-26-14-16-7-12-21(22(13-16)31-2)33-24(29)19-5-3-4-6-20(19)25/h3-14H,15H2,1-2H3,(H,27,28). The smallest absolute Gasteiger partial charge is 0.344 e. The van der Waals surface area contributed by atoms with Crippen molar-refractivity contribution in [3.63, 3.8) is 0 Å². The molecule has 0 atom stereocenters. The Morgan fingerprint density at radius 2 is 1.67 bits per heavy atom. The minimum absolute atomic E-state index is 0.197. The molecule has 9 heteroatoms. The van der Waals surface area contributed by atoms with Gasteiger partial charge in [0.15, 0.2) is 18.1 Å². The lowest BCUT2D eigenvalue weighted by atomic mass is 10.2. The SMILES string of the molecule is COc1ccc(OCC(=O)NN=Cc2ccc(OC(=O)c3ccccc3Br)c(OC)c2)cc1. The van der Waals surface area contributed by atoms with E-state index in [4.69, 9.17) is 18.9 Å². The van der Waals surface area contributed by atoms with E-state index in [1.807, 2.05) is 0 Å². The summed E-state index contributed by atoms with van der Waals surface area (Å²) in [5, 5.41) is 3.91. The summed E-state index contributed by atoms with van der Waals surface area (Å²) in [4.78, 5) is 24.4. The molecule has 33 heavy (non-hydrogen) atoms. The van der Waals surface area contributed by atoms with Crippen molar-refractivity contribution >= 4 is 34.0 Å². The van der Waals surface area contributed by atoms with E-state index in [9.17, 15) is 9.59 Å². The van der Waals surface area contributed by atoms with Crippen molar-refractivity contribution in [3.05, 3.63) is 82.3 Å². The van der Waals surface area contributed by atoms with Gasteiger partial charge in [-0.05, 0) is 76.1 Å². The van der Waals surface area contributed by atoms with Gasteiger partial charge in [0, 0.05) is 4.47 Å². The lowest BCUT2D eigenvalue weighted by Crippen LogP contribution is -2.24. The molecule has 3 rings (SSSR count). The molecule has 0 fully saturated rings. The highest BCUT2D eigenvalue weighted by Gasteiger charge is 2.15. The van der Waals surface area contributed by atoms with Crippen LogP contribution in [-0.4, -0.2) is 38.9 Å². The van der Waals surface area contributed by atoms with Crippen LogP contribution in [0.4, 0.5) is 0 Å². The molecule has 0 heterocycles. The molecular formula is C24H21BrN2O6. The Labute approximate surface area is 199 Å². The molecule has 0 spiro atoms. The van der Waals surface area contributed by atoms with Crippen LogP contribution in [0.5, 0.6) is 23.0 Å². The second kappa shape index (κ2) is 11.7. The number of carbonyl (C=O) groups is 2. The molecule has 0 aliphatic heterocycles. The predicted molar refractivity (Wildman–Crippen MR) is 126 cm³/mol. The third kappa shape index (κ3) is 6.81. The molecule has 3 aromatic rings. The number of ether oxygens (including phenoxy) is 4. The first-order valence-electron chi connectivity index (χ1n) is 9.73. The van der Waals surface area contributed by atoms with Crippen LogP contribution in [-0.2, 0) is 4.79 Å². The van der Waals surface area contributed by atoms with Crippen molar-refractivity contribution in [3.8, 4) is 23.0 Å². The number of nitrogens with one attached hydrogen (secondary N) is 1. The molecule has 0 bridgehead atoms. The van der Waals surface area contributed by atoms with Crippen molar-refractivity contribution in [2.75, 3.05) is 20.8 Å². The molecule has 0 aromatic heterocycles. The Balaban J connectivity index is 1.55. The summed E-state index contributed by atoms with van der Waals surface area (Å²) in [6.07, 6.45) is 1.44. The van der Waals surface area contributed by atoms with Crippen molar-refractivity contribution in [1.82, 2.24) is 5.43 Å². The molecule has 8 nitrogen and oxygen atoms in total. The summed E-state index contributed by atoms with van der Waals surface area (Å²) in [7, 11) is 3.03. The Kier molecular flexibility index (Phi) is 8.43. The van der Waals surface area contributed by atoms with E-state index in [0.717, 1.165) is 0 Å². The number of halogens is 1. The van der Waals surface area contributed by atoms with Crippen molar-refractivity contribution in [1.29, 1.82) is 0 Å². The first kappa shape index (κ1) is 23.8. The lowest BCUT2D eigenvalue weighted by molar-refractivity contribution is -0.123. The van der Waals surface area contributed by atoms with Crippen LogP contribution in [0, 0.1) is 0 Å². The van der Waals surface area contributed by atoms with E-state index in [1.165, 1.54) is 13.3 Å². The van der Waals surface area contributed by atoms with Gasteiger partial charge in [-0.1, -0.05) is 12.1 Å². The molecule has 1 N–H and O–H groups in total. The van der Waals surface area contributed by atoms with Crippen LogP contribution in [0.3, 0.4) is 0 Å². The number of hydrogen-bond donors (Lipinski definition) is 1. The maximum Gasteiger partial charge on any atom is 0.344 e. The highest BCUT2D eigenvalue weighted by atomic mass is 79.9. The molecule has 0 radical (unpaired) electrons. The van der Waals surface area contributed by atoms with Crippen LogP contribution in [0.15, 0.2) is 76.3 Å². The van der Waals surface area contributed by atoms with Gasteiger partial charge in [-0.15, -0.1) is 0 Å². The summed E-state index contributed by atoms with van der Waals surface area (Å²) >= 11 is 3.33. The van der Waals surface area contributed by atoms with Gasteiger partial charge in [0.2, 0.25) is 0 Å². The van der Waals surface area contributed by atoms with Crippen molar-refractivity contribution < 1.29 is 28.5 Å². The molecule has 0 saturated heterocycles. The highest BCUT2D eigenvalue weighted by molar-refractivity contribution is 9.10. The number of methoxy groups -OCH3 is 2. The molecule has 1 amide bonds. The van der Waals surface area contributed by atoms with Crippen LogP contribution < -0.4 is 24.4 Å². The van der Waals surface area contributed by atoms with Gasteiger partial charge in [-0.2, -0.15) is 5.10 Å². The monoisotopic (exact) mass is 512 g/mol. The number of hydrogen-bond acceptors (Lipinski definition) is 7. The summed E-state index contributed by atoms with van der Waals surface area (Å²) < 4.78 is 21.9. The predicted octanol–water partition coefficient (Wildman–Crippen LogP) is 4.21. The number of carbonyl (C=O) groups excluding carboxylic acids is 2. The fourth-order valence-corrected chi connectivity index (χ4v) is 3.11. The zero-order chi connectivity index (χ0) is 23.6. The Morgan fingerprint density at radius 1 is 0.939 bits per heavy atom. The van der Waals surface area contributed by atoms with Crippen molar-refractivity contribution in [2.45, 2.75) is 0 Å². The van der Waals surface area contributed by atoms with Gasteiger partial charge in [0.1, 0.15) is 11.5 Å². The first-order chi connectivity index (χ1) is 16.0. The zero-order valence-electron chi connectivity index (χ0n) is 17.9. The highest BCUT2D eigenvalue weighted by Crippen LogP contribution is 2.29. The van der Waals surface area contributed by atoms with Gasteiger partial charge in [0.25, 0.3) is 5.91 Å². The Bertz CT molecular complexity index is 1150. The maximum atomic E-state index is 12.4. The number of rotatable bonds is 9. The quantitative estimate of drug-likeness (QED) is 0.199. The number of esters is 1. The van der Waals surface area contributed by atoms with Crippen LogP contribution in [0.1, 0.15) is 15.9 Å². The minimum atomic E-state index is -0.522. The van der Waals surface area contributed by atoms with Gasteiger partial charge in [-0.25, -0.2) is 10.2 Å². The topological polar surface area (TPSA) is 95.5 Å². The maximum absolute atomic E-state index is 12.4. The normalized spacial score (nSPS) is 10.5. The van der Waals surface area contributed by atoms with E-state index in [0.29, 0.717) is 32.8 Å². The minimum Gasteiger partial charge on any atom is -0.497 e. The van der Waals surface area contributed by atoms with E-state index in [-0.39, 0.29) is 12.4 Å². The Morgan fingerprint density at radius 3 is 2.36 bits per heavy atom. The fraction of sp³-hybridized carbons (Fsp3) is 0.125. The lowest BCUT2D eigenvalue weighted by Gasteiger charge is -2.10. The number of amides is 1. The van der Waals surface area contributed by atoms with Crippen LogP contribution >= 0.6 is 15.9 Å². The van der Waals surface area contributed by atoms with Gasteiger partial charge >= 0.3 is 5.97 Å². The second-order valence-electron chi connectivity index (χ2n) is 6.54. The van der Waals surface area contributed by atoms with E-state index in [2.05, 4.69) is 26.5 Å². The molecule has 170 valence electrons. The van der Waals surface area contributed by atoms with E-state index < -0.39 is 11.9 Å². The number of benzene rings is 3. The summed E-state index contributed by atoms with van der Waals surface area (Å²) in [5.41, 5.74) is 3.41. The molecule has 0 aliphatic carbocycles. The second-order valence-corrected chi connectivity index (χ2v) is 7.39. The third-order valence-corrected chi connectivity index (χ3v) is 5.01. The molecular weight excluding hydrogens is 492 g/mol. The molecule has 0 saturated carbocycles. The molecule has 3 aromatic carbocycles. The number of hydrazone groups is 1. The van der Waals surface area contributed by atoms with E-state index in [1.54, 1.807) is 73.8 Å².